The maximum atomic E-state index is 13.7. The van der Waals surface area contributed by atoms with Crippen LogP contribution >= 0.6 is 0 Å². The van der Waals surface area contributed by atoms with Crippen LogP contribution < -0.4 is 4.74 Å². The number of aromatic nitrogens is 1. The number of ether oxygens (including phenoxy) is 1. The molecule has 172 valence electrons. The van der Waals surface area contributed by atoms with Gasteiger partial charge in [0.1, 0.15) is 18.1 Å². The van der Waals surface area contributed by atoms with E-state index in [0.717, 1.165) is 57.3 Å². The number of hydrogen-bond acceptors (Lipinski definition) is 4. The van der Waals surface area contributed by atoms with Gasteiger partial charge in [-0.3, -0.25) is 14.7 Å². The van der Waals surface area contributed by atoms with Crippen molar-refractivity contribution in [2.75, 3.05) is 13.1 Å². The van der Waals surface area contributed by atoms with Crippen LogP contribution in [-0.4, -0.2) is 28.8 Å². The van der Waals surface area contributed by atoms with Crippen LogP contribution in [0, 0.1) is 5.92 Å². The molecule has 1 saturated carbocycles. The molecule has 1 aromatic heterocycles. The summed E-state index contributed by atoms with van der Waals surface area (Å²) in [6, 6.07) is 8.74. The molecule has 4 nitrogen and oxygen atoms in total. The largest absolute Gasteiger partial charge is 0.489 e. The Morgan fingerprint density at radius 3 is 2.41 bits per heavy atom. The standard InChI is InChI=1S/C25H29F3N2O2/c1-17(31)21-14-30(15-21)13-18-7-9-22(10-8-18)32-16-19-11-23(25(26,27)28)24(29-12-19)20-5-3-2-4-6-20/h7-12,20-21H,2-6,13-16H2,1H3. The molecule has 2 aromatic rings. The van der Waals surface area contributed by atoms with E-state index in [4.69, 9.17) is 4.74 Å². The van der Waals surface area contributed by atoms with E-state index in [2.05, 4.69) is 9.88 Å². The van der Waals surface area contributed by atoms with Gasteiger partial charge < -0.3 is 4.74 Å². The van der Waals surface area contributed by atoms with Crippen molar-refractivity contribution in [3.05, 3.63) is 58.9 Å². The van der Waals surface area contributed by atoms with Gasteiger partial charge in [0, 0.05) is 43.2 Å². The van der Waals surface area contributed by atoms with E-state index in [9.17, 15) is 18.0 Å². The minimum atomic E-state index is -4.42. The van der Waals surface area contributed by atoms with Crippen molar-refractivity contribution in [3.8, 4) is 5.75 Å². The summed E-state index contributed by atoms with van der Waals surface area (Å²) < 4.78 is 46.8. The third-order valence-electron chi connectivity index (χ3n) is 6.54. The Labute approximate surface area is 186 Å². The SMILES string of the molecule is CC(=O)C1CN(Cc2ccc(OCc3cnc(C4CCCCC4)c(C(F)(F)F)c3)cc2)C1. The second kappa shape index (κ2) is 9.61. The first kappa shape index (κ1) is 22.8. The fraction of sp³-hybridized carbons (Fsp3) is 0.520. The number of benzene rings is 1. The Morgan fingerprint density at radius 2 is 1.78 bits per heavy atom. The molecule has 4 rings (SSSR count). The second-order valence-electron chi connectivity index (χ2n) is 9.04. The van der Waals surface area contributed by atoms with Crippen LogP contribution in [0.2, 0.25) is 0 Å². The minimum Gasteiger partial charge on any atom is -0.489 e. The molecule has 2 aliphatic rings. The van der Waals surface area contributed by atoms with E-state index in [1.807, 2.05) is 24.3 Å². The van der Waals surface area contributed by atoms with E-state index in [1.165, 1.54) is 12.3 Å². The zero-order valence-electron chi connectivity index (χ0n) is 18.3. The number of alkyl halides is 3. The Balaban J connectivity index is 1.36. The van der Waals surface area contributed by atoms with Gasteiger partial charge in [-0.1, -0.05) is 31.4 Å². The Hall–Kier alpha value is -2.41. The minimum absolute atomic E-state index is 0.0345. The van der Waals surface area contributed by atoms with Crippen LogP contribution in [0.4, 0.5) is 13.2 Å². The van der Waals surface area contributed by atoms with Crippen molar-refractivity contribution >= 4 is 5.78 Å². The first-order valence-corrected chi connectivity index (χ1v) is 11.3. The number of Topliss-reactive ketones (excluding diaryl/α,β-unsaturated/α-hetero) is 1. The summed E-state index contributed by atoms with van der Waals surface area (Å²) in [6.07, 6.45) is 1.63. The fourth-order valence-electron chi connectivity index (χ4n) is 4.60. The lowest BCUT2D eigenvalue weighted by Crippen LogP contribution is -2.48. The highest BCUT2D eigenvalue weighted by Crippen LogP contribution is 2.40. The Morgan fingerprint density at radius 1 is 1.09 bits per heavy atom. The van der Waals surface area contributed by atoms with Gasteiger partial charge >= 0.3 is 6.18 Å². The number of nitrogens with zero attached hydrogens (tertiary/aromatic N) is 2. The Kier molecular flexibility index (Phi) is 6.84. The molecule has 1 saturated heterocycles. The lowest BCUT2D eigenvalue weighted by molar-refractivity contribution is -0.138. The maximum Gasteiger partial charge on any atom is 0.418 e. The van der Waals surface area contributed by atoms with Gasteiger partial charge in [0.05, 0.1) is 11.3 Å². The molecule has 0 atom stereocenters. The van der Waals surface area contributed by atoms with Crippen LogP contribution in [-0.2, 0) is 24.1 Å². The molecule has 0 unspecified atom stereocenters. The number of hydrogen-bond donors (Lipinski definition) is 0. The van der Waals surface area contributed by atoms with Crippen LogP contribution in [0.15, 0.2) is 36.5 Å². The van der Waals surface area contributed by atoms with Crippen LogP contribution in [0.25, 0.3) is 0 Å². The first-order chi connectivity index (χ1) is 15.3. The molecule has 0 spiro atoms. The molecular formula is C25H29F3N2O2. The summed E-state index contributed by atoms with van der Waals surface area (Å²) in [7, 11) is 0. The molecule has 0 N–H and O–H groups in total. The summed E-state index contributed by atoms with van der Waals surface area (Å²) in [5, 5.41) is 0. The molecule has 1 aliphatic heterocycles. The third kappa shape index (κ3) is 5.49. The first-order valence-electron chi connectivity index (χ1n) is 11.3. The molecule has 32 heavy (non-hydrogen) atoms. The highest BCUT2D eigenvalue weighted by molar-refractivity contribution is 5.79. The normalized spacial score (nSPS) is 18.4. The third-order valence-corrected chi connectivity index (χ3v) is 6.54. The number of carbonyl (C=O) groups is 1. The average molecular weight is 447 g/mol. The van der Waals surface area contributed by atoms with E-state index in [-0.39, 0.29) is 29.9 Å². The van der Waals surface area contributed by atoms with E-state index in [0.29, 0.717) is 11.3 Å². The number of likely N-dealkylation sites (tertiary alicyclic amines) is 1. The van der Waals surface area contributed by atoms with Gasteiger partial charge in [-0.25, -0.2) is 0 Å². The lowest BCUT2D eigenvalue weighted by atomic mass is 9.84. The number of ketones is 1. The zero-order valence-corrected chi connectivity index (χ0v) is 18.3. The van der Waals surface area contributed by atoms with E-state index >= 15 is 0 Å². The van der Waals surface area contributed by atoms with Gasteiger partial charge in [0.15, 0.2) is 0 Å². The summed E-state index contributed by atoms with van der Waals surface area (Å²) in [5.41, 5.74) is 1.08. The van der Waals surface area contributed by atoms with E-state index < -0.39 is 11.7 Å². The second-order valence-corrected chi connectivity index (χ2v) is 9.04. The predicted molar refractivity (Wildman–Crippen MR) is 115 cm³/mol. The highest BCUT2D eigenvalue weighted by atomic mass is 19.4. The van der Waals surface area contributed by atoms with Crippen molar-refractivity contribution in [3.63, 3.8) is 0 Å². The topological polar surface area (TPSA) is 42.4 Å². The monoisotopic (exact) mass is 446 g/mol. The molecule has 2 fully saturated rings. The number of pyridine rings is 1. The molecule has 1 aromatic carbocycles. The Bertz CT molecular complexity index is 931. The van der Waals surface area contributed by atoms with Crippen molar-refractivity contribution in [2.24, 2.45) is 5.92 Å². The van der Waals surface area contributed by atoms with Crippen LogP contribution in [0.3, 0.4) is 0 Å². The van der Waals surface area contributed by atoms with Gasteiger partial charge in [0.2, 0.25) is 0 Å². The van der Waals surface area contributed by atoms with Crippen molar-refractivity contribution in [1.29, 1.82) is 0 Å². The molecular weight excluding hydrogens is 417 g/mol. The van der Waals surface area contributed by atoms with E-state index in [1.54, 1.807) is 6.92 Å². The smallest absolute Gasteiger partial charge is 0.418 e. The summed E-state index contributed by atoms with van der Waals surface area (Å²) >= 11 is 0. The predicted octanol–water partition coefficient (Wildman–Crippen LogP) is 5.75. The lowest BCUT2D eigenvalue weighted by Gasteiger charge is -2.37. The highest BCUT2D eigenvalue weighted by Gasteiger charge is 2.37. The van der Waals surface area contributed by atoms with Gasteiger partial charge in [0.25, 0.3) is 0 Å². The van der Waals surface area contributed by atoms with Crippen LogP contribution in [0.5, 0.6) is 5.75 Å². The van der Waals surface area contributed by atoms with Crippen molar-refractivity contribution in [2.45, 2.75) is 64.3 Å². The fourth-order valence-corrected chi connectivity index (χ4v) is 4.60. The number of rotatable bonds is 7. The number of carbonyl (C=O) groups excluding carboxylic acids is 1. The van der Waals surface area contributed by atoms with Crippen LogP contribution in [0.1, 0.15) is 67.3 Å². The van der Waals surface area contributed by atoms with Crippen molar-refractivity contribution in [1.82, 2.24) is 9.88 Å². The average Bonchev–Trinajstić information content (AvgIpc) is 2.75. The summed E-state index contributed by atoms with van der Waals surface area (Å²) in [4.78, 5) is 17.8. The van der Waals surface area contributed by atoms with Gasteiger partial charge in [-0.15, -0.1) is 0 Å². The quantitative estimate of drug-likeness (QED) is 0.543. The maximum absolute atomic E-state index is 13.7. The number of halogens is 3. The molecule has 0 bridgehead atoms. The van der Waals surface area contributed by atoms with Gasteiger partial charge in [-0.05, 0) is 43.5 Å². The molecule has 7 heteroatoms. The summed E-state index contributed by atoms with van der Waals surface area (Å²) in [6.45, 7) is 4.02. The molecule has 0 amide bonds. The van der Waals surface area contributed by atoms with Gasteiger partial charge in [-0.2, -0.15) is 13.2 Å². The molecule has 2 heterocycles. The molecule has 0 radical (unpaired) electrons. The summed E-state index contributed by atoms with van der Waals surface area (Å²) in [5.74, 6) is 0.876. The molecule has 1 aliphatic carbocycles. The van der Waals surface area contributed by atoms with Crippen molar-refractivity contribution < 1.29 is 22.7 Å². The zero-order chi connectivity index (χ0) is 22.7.